The number of rotatable bonds is 14. The summed E-state index contributed by atoms with van der Waals surface area (Å²) >= 11 is 1.56. The Labute approximate surface area is 234 Å². The van der Waals surface area contributed by atoms with Gasteiger partial charge >= 0.3 is 0 Å². The molecule has 1 aromatic heterocycles. The summed E-state index contributed by atoms with van der Waals surface area (Å²) in [6.45, 7) is 5.28. The van der Waals surface area contributed by atoms with E-state index in [9.17, 15) is 19.5 Å². The third-order valence-electron chi connectivity index (χ3n) is 6.41. The van der Waals surface area contributed by atoms with Crippen LogP contribution in [0.3, 0.4) is 0 Å². The van der Waals surface area contributed by atoms with E-state index in [1.807, 2.05) is 61.7 Å². The minimum Gasteiger partial charge on any atom is -0.390 e. The molecule has 8 nitrogen and oxygen atoms in total. The Kier molecular flexibility index (Phi) is 11.2. The molecule has 39 heavy (non-hydrogen) atoms. The first-order chi connectivity index (χ1) is 18.7. The van der Waals surface area contributed by atoms with Gasteiger partial charge < -0.3 is 26.4 Å². The molecule has 5 N–H and O–H groups in total. The normalized spacial score (nSPS) is 12.5. The number of nitrogens with two attached hydrogens (primary N) is 2. The molecule has 0 fully saturated rings. The van der Waals surface area contributed by atoms with Crippen molar-refractivity contribution in [2.45, 2.75) is 51.8 Å². The Hall–Kier alpha value is -3.53. The predicted molar refractivity (Wildman–Crippen MR) is 155 cm³/mol. The number of hydrogen-bond acceptors (Lipinski definition) is 6. The highest BCUT2D eigenvalue weighted by Gasteiger charge is 2.26. The Bertz CT molecular complexity index is 1230. The zero-order chi connectivity index (χ0) is 28.4. The molecule has 3 amide bonds. The van der Waals surface area contributed by atoms with Gasteiger partial charge in [0, 0.05) is 53.8 Å². The van der Waals surface area contributed by atoms with Crippen molar-refractivity contribution in [3.05, 3.63) is 93.2 Å². The first-order valence-corrected chi connectivity index (χ1v) is 14.1. The van der Waals surface area contributed by atoms with Crippen LogP contribution in [0.25, 0.3) is 0 Å². The molecule has 0 radical (unpaired) electrons. The molecule has 0 unspecified atom stereocenters. The van der Waals surface area contributed by atoms with Crippen molar-refractivity contribution in [1.29, 1.82) is 0 Å². The lowest BCUT2D eigenvalue weighted by Crippen LogP contribution is -2.46. The second-order valence-electron chi connectivity index (χ2n) is 9.64. The molecule has 2 aromatic carbocycles. The number of aliphatic hydroxyl groups excluding tert-OH is 1. The fourth-order valence-electron chi connectivity index (χ4n) is 4.42. The first kappa shape index (κ1) is 30.0. The van der Waals surface area contributed by atoms with Crippen LogP contribution in [-0.4, -0.2) is 64.4 Å². The zero-order valence-electron chi connectivity index (χ0n) is 22.6. The third-order valence-corrected chi connectivity index (χ3v) is 7.31. The zero-order valence-corrected chi connectivity index (χ0v) is 23.4. The van der Waals surface area contributed by atoms with Gasteiger partial charge in [-0.15, -0.1) is 11.3 Å². The molecule has 0 saturated carbocycles. The molecule has 0 aliphatic carbocycles. The summed E-state index contributed by atoms with van der Waals surface area (Å²) in [5.41, 5.74) is 13.2. The molecule has 0 aliphatic rings. The van der Waals surface area contributed by atoms with Gasteiger partial charge in [0.15, 0.2) is 0 Å². The average molecular weight is 551 g/mol. The molecule has 3 aromatic rings. The molecule has 0 aliphatic heterocycles. The Morgan fingerprint density at radius 1 is 0.872 bits per heavy atom. The highest BCUT2D eigenvalue weighted by molar-refractivity contribution is 7.09. The van der Waals surface area contributed by atoms with E-state index in [1.54, 1.807) is 16.2 Å². The molecular weight excluding hydrogens is 512 g/mol. The Balaban J connectivity index is 1.94. The van der Waals surface area contributed by atoms with Gasteiger partial charge in [0.1, 0.15) is 0 Å². The van der Waals surface area contributed by atoms with Crippen LogP contribution in [0.1, 0.15) is 68.2 Å². The van der Waals surface area contributed by atoms with E-state index in [-0.39, 0.29) is 35.7 Å². The third kappa shape index (κ3) is 8.48. The van der Waals surface area contributed by atoms with Crippen LogP contribution >= 0.6 is 11.3 Å². The van der Waals surface area contributed by atoms with Crippen LogP contribution in [0.2, 0.25) is 0 Å². The molecular formula is C30H38N4O4S. The topological polar surface area (TPSA) is 130 Å². The largest absolute Gasteiger partial charge is 0.390 e. The summed E-state index contributed by atoms with van der Waals surface area (Å²) in [6.07, 6.45) is 1.04. The molecule has 0 bridgehead atoms. The summed E-state index contributed by atoms with van der Waals surface area (Å²) in [5.74, 6) is -1.43. The van der Waals surface area contributed by atoms with Crippen molar-refractivity contribution in [2.24, 2.45) is 11.5 Å². The summed E-state index contributed by atoms with van der Waals surface area (Å²) in [5, 5.41) is 12.9. The fraction of sp³-hybridized carbons (Fsp3) is 0.367. The fourth-order valence-corrected chi connectivity index (χ4v) is 5.20. The van der Waals surface area contributed by atoms with E-state index in [1.165, 1.54) is 23.1 Å². The van der Waals surface area contributed by atoms with Crippen molar-refractivity contribution in [2.75, 3.05) is 19.6 Å². The van der Waals surface area contributed by atoms with E-state index < -0.39 is 24.0 Å². The SMILES string of the molecule is CCCN(CCC)C(=O)c1cc(C(N)=O)cc(C(=O)N(Cc2ccccc2)C[C@@H](O)[C@@H](N)Cc2cccs2)c1. The maximum Gasteiger partial charge on any atom is 0.254 e. The summed E-state index contributed by atoms with van der Waals surface area (Å²) in [7, 11) is 0. The molecule has 208 valence electrons. The number of amides is 3. The second-order valence-corrected chi connectivity index (χ2v) is 10.7. The van der Waals surface area contributed by atoms with Gasteiger partial charge in [0.2, 0.25) is 5.91 Å². The maximum atomic E-state index is 13.9. The summed E-state index contributed by atoms with van der Waals surface area (Å²) < 4.78 is 0. The van der Waals surface area contributed by atoms with Gasteiger partial charge in [0.05, 0.1) is 6.10 Å². The molecule has 9 heteroatoms. The number of nitrogens with zero attached hydrogens (tertiary/aromatic N) is 2. The highest BCUT2D eigenvalue weighted by Crippen LogP contribution is 2.19. The van der Waals surface area contributed by atoms with Gasteiger partial charge in [-0.3, -0.25) is 14.4 Å². The summed E-state index contributed by atoms with van der Waals surface area (Å²) in [4.78, 5) is 43.7. The highest BCUT2D eigenvalue weighted by atomic mass is 32.1. The number of primary amides is 1. The number of benzene rings is 2. The van der Waals surface area contributed by atoms with Gasteiger partial charge in [0.25, 0.3) is 11.8 Å². The van der Waals surface area contributed by atoms with E-state index in [0.29, 0.717) is 19.5 Å². The van der Waals surface area contributed by atoms with E-state index >= 15 is 0 Å². The maximum absolute atomic E-state index is 13.9. The minimum absolute atomic E-state index is 0.0257. The van der Waals surface area contributed by atoms with Crippen molar-refractivity contribution < 1.29 is 19.5 Å². The van der Waals surface area contributed by atoms with Gasteiger partial charge in [-0.05, 0) is 54.5 Å². The average Bonchev–Trinajstić information content (AvgIpc) is 3.45. The first-order valence-electron chi connectivity index (χ1n) is 13.3. The van der Waals surface area contributed by atoms with Crippen LogP contribution in [0.5, 0.6) is 0 Å². The molecule has 2 atom stereocenters. The number of aliphatic hydroxyl groups is 1. The predicted octanol–water partition coefficient (Wildman–Crippen LogP) is 3.68. The van der Waals surface area contributed by atoms with Crippen molar-refractivity contribution in [3.63, 3.8) is 0 Å². The van der Waals surface area contributed by atoms with Crippen LogP contribution in [0.15, 0.2) is 66.0 Å². The second kappa shape index (κ2) is 14.6. The number of thiophene rings is 1. The van der Waals surface area contributed by atoms with Crippen molar-refractivity contribution >= 4 is 29.1 Å². The van der Waals surface area contributed by atoms with E-state index in [4.69, 9.17) is 11.5 Å². The van der Waals surface area contributed by atoms with Crippen molar-refractivity contribution in [3.8, 4) is 0 Å². The smallest absolute Gasteiger partial charge is 0.254 e. The van der Waals surface area contributed by atoms with Crippen molar-refractivity contribution in [1.82, 2.24) is 9.80 Å². The van der Waals surface area contributed by atoms with Gasteiger partial charge in [-0.1, -0.05) is 50.2 Å². The monoisotopic (exact) mass is 550 g/mol. The molecule has 1 heterocycles. The van der Waals surface area contributed by atoms with Crippen LogP contribution in [0.4, 0.5) is 0 Å². The van der Waals surface area contributed by atoms with Crippen LogP contribution in [-0.2, 0) is 13.0 Å². The lowest BCUT2D eigenvalue weighted by Gasteiger charge is -2.29. The number of carbonyl (C=O) groups is 3. The lowest BCUT2D eigenvalue weighted by molar-refractivity contribution is 0.0555. The van der Waals surface area contributed by atoms with Crippen LogP contribution in [0, 0.1) is 0 Å². The molecule has 0 saturated heterocycles. The number of hydrogen-bond donors (Lipinski definition) is 3. The standard InChI is InChI=1S/C30H38N4O4S/c1-3-12-33(13-4-2)29(37)23-15-22(28(32)36)16-24(17-23)30(38)34(19-21-9-6-5-7-10-21)20-27(35)26(31)18-25-11-8-14-39-25/h5-11,14-17,26-27,35H,3-4,12-13,18-20,31H2,1-2H3,(H2,32,36)/t26-,27+/m0/s1. The molecule has 0 spiro atoms. The van der Waals surface area contributed by atoms with Gasteiger partial charge in [-0.2, -0.15) is 0 Å². The quantitative estimate of drug-likeness (QED) is 0.282. The van der Waals surface area contributed by atoms with E-state index in [0.717, 1.165) is 23.3 Å². The Morgan fingerprint density at radius 2 is 1.46 bits per heavy atom. The Morgan fingerprint density at radius 3 is 2.00 bits per heavy atom. The lowest BCUT2D eigenvalue weighted by atomic mass is 10.0. The minimum atomic E-state index is -0.996. The van der Waals surface area contributed by atoms with Crippen LogP contribution < -0.4 is 11.5 Å². The number of carbonyl (C=O) groups excluding carboxylic acids is 3. The van der Waals surface area contributed by atoms with Gasteiger partial charge in [-0.25, -0.2) is 0 Å². The summed E-state index contributed by atoms with van der Waals surface area (Å²) in [6, 6.07) is 17.1. The van der Waals surface area contributed by atoms with E-state index in [2.05, 4.69) is 0 Å². The molecule has 3 rings (SSSR count).